The molecule has 1 aliphatic rings. The Morgan fingerprint density at radius 2 is 1.68 bits per heavy atom. The molecule has 0 aliphatic heterocycles. The Morgan fingerprint density at radius 3 is 2.37 bits per heavy atom. The molecule has 1 heterocycles. The van der Waals surface area contributed by atoms with Gasteiger partial charge < -0.3 is 20.7 Å². The number of pyridine rings is 1. The predicted octanol–water partition coefficient (Wildman–Crippen LogP) is 6.84. The second kappa shape index (κ2) is 13.4. The number of aromatic nitrogens is 1. The van der Waals surface area contributed by atoms with Gasteiger partial charge in [0.15, 0.2) is 0 Å². The number of urea groups is 1. The summed E-state index contributed by atoms with van der Waals surface area (Å²) < 4.78 is 5.46. The van der Waals surface area contributed by atoms with Crippen LogP contribution in [0.1, 0.15) is 36.8 Å². The summed E-state index contributed by atoms with van der Waals surface area (Å²) in [5, 5.41) is 19.0. The molecular weight excluding hydrogens is 512 g/mol. The summed E-state index contributed by atoms with van der Waals surface area (Å²) >= 11 is 0. The van der Waals surface area contributed by atoms with Gasteiger partial charge in [-0.2, -0.15) is 5.26 Å². The molecule has 208 valence electrons. The smallest absolute Gasteiger partial charge is 0.322 e. The van der Waals surface area contributed by atoms with Gasteiger partial charge in [0.2, 0.25) is 0 Å². The van der Waals surface area contributed by atoms with Gasteiger partial charge in [-0.25, -0.2) is 9.78 Å². The molecule has 3 N–H and O–H groups in total. The van der Waals surface area contributed by atoms with Crippen molar-refractivity contribution in [1.82, 2.24) is 10.3 Å². The lowest BCUT2D eigenvalue weighted by Gasteiger charge is -2.37. The van der Waals surface area contributed by atoms with E-state index in [9.17, 15) is 4.79 Å². The minimum Gasteiger partial charge on any atom is -0.495 e. The zero-order valence-electron chi connectivity index (χ0n) is 23.1. The van der Waals surface area contributed by atoms with Crippen molar-refractivity contribution in [2.75, 3.05) is 22.6 Å². The van der Waals surface area contributed by atoms with Gasteiger partial charge in [-0.1, -0.05) is 42.5 Å². The van der Waals surface area contributed by atoms with Gasteiger partial charge in [0, 0.05) is 36.2 Å². The van der Waals surface area contributed by atoms with E-state index in [4.69, 9.17) is 10.00 Å². The van der Waals surface area contributed by atoms with Crippen LogP contribution < -0.4 is 25.6 Å². The van der Waals surface area contributed by atoms with Crippen LogP contribution in [-0.2, 0) is 6.54 Å². The number of para-hydroxylation sites is 2. The summed E-state index contributed by atoms with van der Waals surface area (Å²) in [4.78, 5) is 19.9. The van der Waals surface area contributed by atoms with E-state index in [-0.39, 0.29) is 18.1 Å². The Bertz CT molecular complexity index is 1460. The largest absolute Gasteiger partial charge is 0.495 e. The number of amides is 2. The molecule has 5 rings (SSSR count). The maximum absolute atomic E-state index is 13.6. The van der Waals surface area contributed by atoms with Crippen LogP contribution in [0, 0.1) is 11.3 Å². The van der Waals surface area contributed by atoms with E-state index in [2.05, 4.69) is 27.0 Å². The molecule has 0 saturated heterocycles. The summed E-state index contributed by atoms with van der Waals surface area (Å²) in [5.41, 5.74) is 4.24. The van der Waals surface area contributed by atoms with Crippen LogP contribution in [-0.4, -0.2) is 30.2 Å². The third kappa shape index (κ3) is 7.14. The van der Waals surface area contributed by atoms with Crippen LogP contribution in [0.5, 0.6) is 5.75 Å². The van der Waals surface area contributed by atoms with E-state index < -0.39 is 0 Å². The van der Waals surface area contributed by atoms with Crippen LogP contribution in [0.25, 0.3) is 0 Å². The summed E-state index contributed by atoms with van der Waals surface area (Å²) in [6.07, 6.45) is 5.10. The highest BCUT2D eigenvalue weighted by molar-refractivity contribution is 5.93. The van der Waals surface area contributed by atoms with Crippen molar-refractivity contribution in [2.45, 2.75) is 44.3 Å². The first-order valence-corrected chi connectivity index (χ1v) is 13.9. The van der Waals surface area contributed by atoms with E-state index in [1.165, 1.54) is 0 Å². The number of rotatable bonds is 9. The minimum atomic E-state index is -0.107. The van der Waals surface area contributed by atoms with Crippen LogP contribution in [0.15, 0.2) is 97.2 Å². The highest BCUT2D eigenvalue weighted by Crippen LogP contribution is 2.32. The fraction of sp³-hybridized carbons (Fsp3) is 0.242. The normalized spacial score (nSPS) is 16.2. The van der Waals surface area contributed by atoms with Crippen molar-refractivity contribution in [3.05, 3.63) is 108 Å². The number of hydrogen-bond donors (Lipinski definition) is 3. The molecule has 1 fully saturated rings. The molecule has 1 aromatic heterocycles. The van der Waals surface area contributed by atoms with Crippen LogP contribution in [0.4, 0.5) is 27.7 Å². The summed E-state index contributed by atoms with van der Waals surface area (Å²) in [6, 6.07) is 31.6. The Morgan fingerprint density at radius 1 is 0.951 bits per heavy atom. The quantitative estimate of drug-likeness (QED) is 0.212. The van der Waals surface area contributed by atoms with E-state index in [0.717, 1.165) is 59.9 Å². The van der Waals surface area contributed by atoms with Gasteiger partial charge in [-0.3, -0.25) is 4.90 Å². The minimum absolute atomic E-state index is 0.0609. The molecule has 0 bridgehead atoms. The Balaban J connectivity index is 1.29. The molecule has 3 aromatic carbocycles. The highest BCUT2D eigenvalue weighted by Gasteiger charge is 2.30. The molecule has 0 atom stereocenters. The zero-order chi connectivity index (χ0) is 28.4. The van der Waals surface area contributed by atoms with E-state index in [0.29, 0.717) is 12.1 Å². The first kappa shape index (κ1) is 27.5. The molecule has 2 amide bonds. The number of carbonyl (C=O) groups excluding carboxylic acids is 1. The molecule has 41 heavy (non-hydrogen) atoms. The number of anilines is 4. The fourth-order valence-corrected chi connectivity index (χ4v) is 5.19. The number of ether oxygens (including phenoxy) is 1. The lowest BCUT2D eigenvalue weighted by molar-refractivity contribution is 0.240. The highest BCUT2D eigenvalue weighted by atomic mass is 16.5. The topological polar surface area (TPSA) is 102 Å². The molecule has 8 heteroatoms. The van der Waals surface area contributed by atoms with Crippen LogP contribution in [0.3, 0.4) is 0 Å². The van der Waals surface area contributed by atoms with Crippen molar-refractivity contribution < 1.29 is 9.53 Å². The average Bonchev–Trinajstić information content (AvgIpc) is 3.03. The number of nitriles is 1. The van der Waals surface area contributed by atoms with E-state index in [1.807, 2.05) is 89.8 Å². The van der Waals surface area contributed by atoms with Crippen molar-refractivity contribution in [2.24, 2.45) is 0 Å². The van der Waals surface area contributed by atoms with Crippen molar-refractivity contribution in [3.63, 3.8) is 0 Å². The molecule has 1 aliphatic carbocycles. The zero-order valence-corrected chi connectivity index (χ0v) is 23.1. The number of nitrogens with one attached hydrogen (secondary N) is 3. The number of carbonyl (C=O) groups is 1. The number of methoxy groups -OCH3 is 1. The van der Waals surface area contributed by atoms with Gasteiger partial charge in [0.1, 0.15) is 17.6 Å². The maximum atomic E-state index is 13.6. The maximum Gasteiger partial charge on any atom is 0.322 e. The Hall–Kier alpha value is -5.03. The standard InChI is InChI=1S/C33H34N6O2/c1-41-31-10-6-5-9-30(31)37-26-12-16-28(17-13-26)39(33(40)36-22-24-7-3-2-4-8-24)29-18-14-27(15-19-29)38-32-20-11-25(21-34)23-35-32/h2-13,16-17,20,23,27,29,37H,14-15,18-19,22H2,1H3,(H,35,38)(H,36,40). The second-order valence-corrected chi connectivity index (χ2v) is 10.1. The molecule has 8 nitrogen and oxygen atoms in total. The van der Waals surface area contributed by atoms with Gasteiger partial charge in [-0.15, -0.1) is 0 Å². The number of benzene rings is 3. The van der Waals surface area contributed by atoms with E-state index in [1.54, 1.807) is 19.4 Å². The lowest BCUT2D eigenvalue weighted by atomic mass is 9.90. The third-order valence-electron chi connectivity index (χ3n) is 7.34. The molecule has 0 spiro atoms. The van der Waals surface area contributed by atoms with Crippen LogP contribution in [0.2, 0.25) is 0 Å². The van der Waals surface area contributed by atoms with Crippen LogP contribution >= 0.6 is 0 Å². The van der Waals surface area contributed by atoms with E-state index >= 15 is 0 Å². The monoisotopic (exact) mass is 546 g/mol. The van der Waals surface area contributed by atoms with Gasteiger partial charge in [0.25, 0.3) is 0 Å². The SMILES string of the molecule is COc1ccccc1Nc1ccc(N(C(=O)NCc2ccccc2)C2CCC(Nc3ccc(C#N)cn3)CC2)cc1. The van der Waals surface area contributed by atoms with Gasteiger partial charge in [0.05, 0.1) is 18.4 Å². The number of hydrogen-bond acceptors (Lipinski definition) is 6. The Labute approximate surface area is 241 Å². The second-order valence-electron chi connectivity index (χ2n) is 10.1. The molecule has 0 unspecified atom stereocenters. The summed E-state index contributed by atoms with van der Waals surface area (Å²) in [7, 11) is 1.65. The molecule has 4 aromatic rings. The molecule has 0 radical (unpaired) electrons. The first-order valence-electron chi connectivity index (χ1n) is 13.9. The average molecular weight is 547 g/mol. The molecule has 1 saturated carbocycles. The number of nitrogens with zero attached hydrogens (tertiary/aromatic N) is 3. The van der Waals surface area contributed by atoms with Crippen molar-refractivity contribution >= 4 is 28.9 Å². The summed E-state index contributed by atoms with van der Waals surface area (Å²) in [6.45, 7) is 0.463. The Kier molecular flexibility index (Phi) is 8.97. The third-order valence-corrected chi connectivity index (χ3v) is 7.34. The lowest BCUT2D eigenvalue weighted by Crippen LogP contribution is -2.48. The van der Waals surface area contributed by atoms with Gasteiger partial charge in [-0.05, 0) is 79.8 Å². The first-order chi connectivity index (χ1) is 20.1. The fourth-order valence-electron chi connectivity index (χ4n) is 5.19. The molecular formula is C33H34N6O2. The summed E-state index contributed by atoms with van der Waals surface area (Å²) in [5.74, 6) is 1.53. The predicted molar refractivity (Wildman–Crippen MR) is 162 cm³/mol. The van der Waals surface area contributed by atoms with Gasteiger partial charge >= 0.3 is 6.03 Å². The van der Waals surface area contributed by atoms with Crippen molar-refractivity contribution in [3.8, 4) is 11.8 Å². The van der Waals surface area contributed by atoms with Crippen molar-refractivity contribution in [1.29, 1.82) is 5.26 Å².